The number of hydrogen-bond donors (Lipinski definition) is 0. The van der Waals surface area contributed by atoms with Crippen LogP contribution in [0.5, 0.6) is 0 Å². The molecule has 4 heteroatoms. The third-order valence-corrected chi connectivity index (χ3v) is 3.13. The molecule has 0 spiro atoms. The number of carbonyl (C=O) groups excluding carboxylic acids is 1. The number of benzene rings is 1. The lowest BCUT2D eigenvalue weighted by Gasteiger charge is -2.32. The molecule has 98 valence electrons. The summed E-state index contributed by atoms with van der Waals surface area (Å²) < 4.78 is 5.68. The van der Waals surface area contributed by atoms with E-state index in [2.05, 4.69) is 36.2 Å². The van der Waals surface area contributed by atoms with Crippen molar-refractivity contribution in [2.24, 2.45) is 0 Å². The molecule has 1 unspecified atom stereocenters. The largest absolute Gasteiger partial charge is 0.373 e. The minimum absolute atomic E-state index is 0.123. The van der Waals surface area contributed by atoms with Crippen molar-refractivity contribution in [1.29, 1.82) is 0 Å². The summed E-state index contributed by atoms with van der Waals surface area (Å²) in [4.78, 5) is 14.8. The van der Waals surface area contributed by atoms with Gasteiger partial charge in [0.15, 0.2) is 0 Å². The summed E-state index contributed by atoms with van der Waals surface area (Å²) in [5, 5.41) is 0. The minimum Gasteiger partial charge on any atom is -0.373 e. The quantitative estimate of drug-likeness (QED) is 0.728. The summed E-state index contributed by atoms with van der Waals surface area (Å²) >= 11 is 0. The van der Waals surface area contributed by atoms with E-state index in [0.29, 0.717) is 19.7 Å². The first-order chi connectivity index (χ1) is 8.78. The van der Waals surface area contributed by atoms with Crippen LogP contribution in [0.2, 0.25) is 0 Å². The monoisotopic (exact) mass is 248 g/mol. The molecule has 0 N–H and O–H groups in total. The Bertz CT molecular complexity index is 369. The van der Waals surface area contributed by atoms with Gasteiger partial charge in [-0.1, -0.05) is 30.3 Å². The Morgan fingerprint density at radius 3 is 2.94 bits per heavy atom. The Kier molecular flexibility index (Phi) is 4.73. The summed E-state index contributed by atoms with van der Waals surface area (Å²) in [5.41, 5.74) is 1.29. The van der Waals surface area contributed by atoms with Gasteiger partial charge in [-0.25, -0.2) is 0 Å². The van der Waals surface area contributed by atoms with Crippen molar-refractivity contribution in [3.63, 3.8) is 0 Å². The van der Waals surface area contributed by atoms with Crippen LogP contribution in [0.4, 0.5) is 0 Å². The predicted molar refractivity (Wildman–Crippen MR) is 70.2 cm³/mol. The number of nitrogens with zero attached hydrogens (tertiary/aromatic N) is 2. The number of likely N-dealkylation sites (N-methyl/N-ethyl adjacent to an activating group) is 1. The van der Waals surface area contributed by atoms with Crippen LogP contribution in [-0.4, -0.2) is 55.6 Å². The average Bonchev–Trinajstić information content (AvgIpc) is 2.40. The molecule has 0 radical (unpaired) electrons. The lowest BCUT2D eigenvalue weighted by atomic mass is 10.2. The van der Waals surface area contributed by atoms with E-state index in [1.807, 2.05) is 6.07 Å². The summed E-state index contributed by atoms with van der Waals surface area (Å²) in [6.07, 6.45) is 1.03. The summed E-state index contributed by atoms with van der Waals surface area (Å²) in [5.74, 6) is 0. The zero-order valence-corrected chi connectivity index (χ0v) is 10.8. The Hall–Kier alpha value is -1.39. The Balaban J connectivity index is 1.80. The molecule has 1 heterocycles. The van der Waals surface area contributed by atoms with Crippen molar-refractivity contribution in [2.75, 3.05) is 33.3 Å². The molecule has 1 aromatic rings. The maximum absolute atomic E-state index is 10.7. The van der Waals surface area contributed by atoms with Gasteiger partial charge in [-0.2, -0.15) is 0 Å². The normalized spacial score (nSPS) is 20.1. The van der Waals surface area contributed by atoms with Crippen molar-refractivity contribution >= 4 is 6.41 Å². The highest BCUT2D eigenvalue weighted by atomic mass is 16.5. The van der Waals surface area contributed by atoms with Gasteiger partial charge >= 0.3 is 0 Å². The highest BCUT2D eigenvalue weighted by Crippen LogP contribution is 2.08. The van der Waals surface area contributed by atoms with Gasteiger partial charge in [-0.15, -0.1) is 0 Å². The van der Waals surface area contributed by atoms with E-state index in [9.17, 15) is 4.79 Å². The number of morpholine rings is 1. The molecule has 1 saturated heterocycles. The molecule has 1 atom stereocenters. The summed E-state index contributed by atoms with van der Waals surface area (Å²) in [7, 11) is 2.08. The first kappa shape index (κ1) is 13.1. The van der Waals surface area contributed by atoms with E-state index in [1.165, 1.54) is 5.56 Å². The maximum atomic E-state index is 10.7. The van der Waals surface area contributed by atoms with Crippen LogP contribution in [-0.2, 0) is 16.1 Å². The summed E-state index contributed by atoms with van der Waals surface area (Å²) in [6, 6.07) is 10.4. The zero-order chi connectivity index (χ0) is 12.8. The standard InChI is InChI=1S/C14H20N2O2/c1-15(9-13-5-3-2-4-6-13)10-14-11-16(12-17)7-8-18-14/h2-6,12,14H,7-11H2,1H3. The molecule has 1 amide bonds. The van der Waals surface area contributed by atoms with Gasteiger partial charge in [0, 0.05) is 26.2 Å². The van der Waals surface area contributed by atoms with Gasteiger partial charge in [0.2, 0.25) is 6.41 Å². The van der Waals surface area contributed by atoms with Gasteiger partial charge < -0.3 is 9.64 Å². The second-order valence-corrected chi connectivity index (χ2v) is 4.78. The maximum Gasteiger partial charge on any atom is 0.209 e. The van der Waals surface area contributed by atoms with E-state index in [0.717, 1.165) is 19.5 Å². The molecule has 0 aromatic heterocycles. The fourth-order valence-electron chi connectivity index (χ4n) is 2.26. The molecular formula is C14H20N2O2. The van der Waals surface area contributed by atoms with Crippen molar-refractivity contribution in [1.82, 2.24) is 9.80 Å². The Morgan fingerprint density at radius 2 is 2.22 bits per heavy atom. The Labute approximate surface area is 108 Å². The first-order valence-corrected chi connectivity index (χ1v) is 6.31. The van der Waals surface area contributed by atoms with Crippen LogP contribution in [0.15, 0.2) is 30.3 Å². The molecule has 18 heavy (non-hydrogen) atoms. The van der Waals surface area contributed by atoms with Crippen LogP contribution in [0.1, 0.15) is 5.56 Å². The van der Waals surface area contributed by atoms with E-state index >= 15 is 0 Å². The van der Waals surface area contributed by atoms with Gasteiger partial charge in [-0.3, -0.25) is 9.69 Å². The smallest absolute Gasteiger partial charge is 0.209 e. The zero-order valence-electron chi connectivity index (χ0n) is 10.8. The Morgan fingerprint density at radius 1 is 1.44 bits per heavy atom. The van der Waals surface area contributed by atoms with Crippen LogP contribution in [0.3, 0.4) is 0 Å². The fraction of sp³-hybridized carbons (Fsp3) is 0.500. The van der Waals surface area contributed by atoms with Crippen molar-refractivity contribution < 1.29 is 9.53 Å². The van der Waals surface area contributed by atoms with Crippen LogP contribution in [0, 0.1) is 0 Å². The minimum atomic E-state index is 0.123. The van der Waals surface area contributed by atoms with E-state index in [1.54, 1.807) is 4.90 Å². The van der Waals surface area contributed by atoms with Gasteiger partial charge in [0.1, 0.15) is 0 Å². The molecular weight excluding hydrogens is 228 g/mol. The SMILES string of the molecule is CN(Cc1ccccc1)CC1CN(C=O)CCO1. The second kappa shape index (κ2) is 6.52. The second-order valence-electron chi connectivity index (χ2n) is 4.78. The van der Waals surface area contributed by atoms with Crippen molar-refractivity contribution in [2.45, 2.75) is 12.6 Å². The van der Waals surface area contributed by atoms with Crippen LogP contribution < -0.4 is 0 Å². The molecule has 1 aliphatic heterocycles. The van der Waals surface area contributed by atoms with Gasteiger partial charge in [-0.05, 0) is 12.6 Å². The molecule has 0 saturated carbocycles. The van der Waals surface area contributed by atoms with E-state index in [4.69, 9.17) is 4.74 Å². The molecule has 1 aliphatic rings. The predicted octanol–water partition coefficient (Wildman–Crippen LogP) is 0.976. The number of amides is 1. The van der Waals surface area contributed by atoms with Crippen LogP contribution in [0.25, 0.3) is 0 Å². The van der Waals surface area contributed by atoms with Crippen molar-refractivity contribution in [3.8, 4) is 0 Å². The number of hydrogen-bond acceptors (Lipinski definition) is 3. The number of ether oxygens (including phenoxy) is 1. The lowest BCUT2D eigenvalue weighted by Crippen LogP contribution is -2.46. The topological polar surface area (TPSA) is 32.8 Å². The van der Waals surface area contributed by atoms with Gasteiger partial charge in [0.05, 0.1) is 12.7 Å². The molecule has 2 rings (SSSR count). The molecule has 1 aromatic carbocycles. The average molecular weight is 248 g/mol. The molecule has 1 fully saturated rings. The summed E-state index contributed by atoms with van der Waals surface area (Å²) in [6.45, 7) is 3.80. The molecule has 0 bridgehead atoms. The van der Waals surface area contributed by atoms with E-state index < -0.39 is 0 Å². The van der Waals surface area contributed by atoms with Gasteiger partial charge in [0.25, 0.3) is 0 Å². The highest BCUT2D eigenvalue weighted by molar-refractivity contribution is 5.47. The van der Waals surface area contributed by atoms with E-state index in [-0.39, 0.29) is 6.10 Å². The van der Waals surface area contributed by atoms with Crippen LogP contribution >= 0.6 is 0 Å². The third-order valence-electron chi connectivity index (χ3n) is 3.13. The highest BCUT2D eigenvalue weighted by Gasteiger charge is 2.20. The fourth-order valence-corrected chi connectivity index (χ4v) is 2.26. The van der Waals surface area contributed by atoms with Crippen molar-refractivity contribution in [3.05, 3.63) is 35.9 Å². The molecule has 4 nitrogen and oxygen atoms in total. The number of carbonyl (C=O) groups is 1. The third kappa shape index (κ3) is 3.82. The first-order valence-electron chi connectivity index (χ1n) is 6.31. The molecule has 0 aliphatic carbocycles. The lowest BCUT2D eigenvalue weighted by molar-refractivity contribution is -0.126. The number of rotatable bonds is 5.